The quantitative estimate of drug-likeness (QED) is 0.862. The molecule has 124 valence electrons. The van der Waals surface area contributed by atoms with Crippen LogP contribution in [0.2, 0.25) is 0 Å². The highest BCUT2D eigenvalue weighted by molar-refractivity contribution is 7.88. The molecule has 2 aliphatic rings. The molecule has 1 N–H and O–H groups in total. The highest BCUT2D eigenvalue weighted by Gasteiger charge is 2.41. The van der Waals surface area contributed by atoms with Crippen LogP contribution in [-0.2, 0) is 10.0 Å². The van der Waals surface area contributed by atoms with Gasteiger partial charge in [-0.15, -0.1) is 0 Å². The first-order chi connectivity index (χ1) is 9.66. The predicted molar refractivity (Wildman–Crippen MR) is 74.3 cm³/mol. The Hall–Kier alpha value is -0.340. The Morgan fingerprint density at radius 1 is 1.24 bits per heavy atom. The number of halogens is 3. The third-order valence-electron chi connectivity index (χ3n) is 4.55. The van der Waals surface area contributed by atoms with E-state index in [1.165, 1.54) is 10.6 Å². The summed E-state index contributed by atoms with van der Waals surface area (Å²) in [5.41, 5.74) is 0. The van der Waals surface area contributed by atoms with Crippen molar-refractivity contribution in [2.24, 2.45) is 11.8 Å². The van der Waals surface area contributed by atoms with Gasteiger partial charge in [0.1, 0.15) is 0 Å². The Balaban J connectivity index is 1.81. The Bertz CT molecular complexity index is 445. The molecule has 3 atom stereocenters. The molecule has 0 aromatic heterocycles. The van der Waals surface area contributed by atoms with Gasteiger partial charge in [-0.2, -0.15) is 13.2 Å². The monoisotopic (exact) mass is 328 g/mol. The minimum atomic E-state index is -4.12. The number of nitrogens with one attached hydrogen (secondary N) is 1. The number of hydrogen-bond donors (Lipinski definition) is 1. The molecule has 2 aliphatic heterocycles. The third-order valence-corrected chi connectivity index (χ3v) is 5.82. The molecule has 0 spiro atoms. The maximum Gasteiger partial charge on any atom is 0.393 e. The van der Waals surface area contributed by atoms with Gasteiger partial charge in [-0.25, -0.2) is 12.7 Å². The van der Waals surface area contributed by atoms with Gasteiger partial charge in [-0.05, 0) is 38.0 Å². The van der Waals surface area contributed by atoms with Gasteiger partial charge >= 0.3 is 6.18 Å². The van der Waals surface area contributed by atoms with E-state index in [-0.39, 0.29) is 24.9 Å². The summed E-state index contributed by atoms with van der Waals surface area (Å²) in [5, 5.41) is 2.99. The average Bonchev–Trinajstić information content (AvgIpc) is 2.37. The minimum absolute atomic E-state index is 0.0172. The van der Waals surface area contributed by atoms with Gasteiger partial charge in [0.25, 0.3) is 0 Å². The van der Waals surface area contributed by atoms with E-state index in [0.717, 1.165) is 19.3 Å². The van der Waals surface area contributed by atoms with Crippen molar-refractivity contribution in [2.45, 2.75) is 44.3 Å². The second-order valence-corrected chi connectivity index (χ2v) is 8.27. The lowest BCUT2D eigenvalue weighted by Crippen LogP contribution is -2.46. The number of hydrogen-bond acceptors (Lipinski definition) is 3. The van der Waals surface area contributed by atoms with Crippen molar-refractivity contribution in [1.29, 1.82) is 0 Å². The molecule has 0 aliphatic carbocycles. The normalized spacial score (nSPS) is 33.0. The lowest BCUT2D eigenvalue weighted by molar-refractivity contribution is -0.179. The van der Waals surface area contributed by atoms with Gasteiger partial charge in [0, 0.05) is 25.7 Å². The summed E-state index contributed by atoms with van der Waals surface area (Å²) < 4.78 is 62.4. The largest absolute Gasteiger partial charge is 0.393 e. The Kier molecular flexibility index (Phi) is 5.20. The van der Waals surface area contributed by atoms with E-state index in [0.29, 0.717) is 19.5 Å². The zero-order chi connectivity index (χ0) is 15.7. The number of alkyl halides is 3. The molecule has 4 nitrogen and oxygen atoms in total. The molecule has 0 bridgehead atoms. The lowest BCUT2D eigenvalue weighted by atomic mass is 9.86. The summed E-state index contributed by atoms with van der Waals surface area (Å²) in [5.74, 6) is -0.999. The van der Waals surface area contributed by atoms with Crippen LogP contribution in [0.4, 0.5) is 13.2 Å². The van der Waals surface area contributed by atoms with Crippen LogP contribution in [-0.4, -0.2) is 50.8 Å². The lowest BCUT2D eigenvalue weighted by Gasteiger charge is -2.36. The first-order valence-corrected chi connectivity index (χ1v) is 9.26. The van der Waals surface area contributed by atoms with E-state index in [2.05, 4.69) is 5.32 Å². The van der Waals surface area contributed by atoms with Crippen LogP contribution in [0.15, 0.2) is 0 Å². The summed E-state index contributed by atoms with van der Waals surface area (Å²) in [6.07, 6.45) is 0.320. The van der Waals surface area contributed by atoms with Crippen LogP contribution < -0.4 is 5.32 Å². The van der Waals surface area contributed by atoms with Crippen molar-refractivity contribution < 1.29 is 21.6 Å². The van der Waals surface area contributed by atoms with Crippen LogP contribution in [0.3, 0.4) is 0 Å². The number of piperidine rings is 2. The Morgan fingerprint density at radius 2 is 1.95 bits per heavy atom. The van der Waals surface area contributed by atoms with E-state index in [1.807, 2.05) is 0 Å². The fourth-order valence-corrected chi connectivity index (χ4v) is 4.26. The van der Waals surface area contributed by atoms with Gasteiger partial charge in [0.05, 0.1) is 12.2 Å². The number of rotatable bonds is 3. The molecule has 2 fully saturated rings. The van der Waals surface area contributed by atoms with Gasteiger partial charge in [-0.3, -0.25) is 0 Å². The third kappa shape index (κ3) is 4.82. The van der Waals surface area contributed by atoms with Gasteiger partial charge in [0.15, 0.2) is 0 Å². The summed E-state index contributed by atoms with van der Waals surface area (Å²) in [6, 6.07) is 0.0770. The van der Waals surface area contributed by atoms with Crippen molar-refractivity contribution in [3.63, 3.8) is 0 Å². The van der Waals surface area contributed by atoms with Crippen molar-refractivity contribution in [3.8, 4) is 0 Å². The molecule has 0 aromatic rings. The van der Waals surface area contributed by atoms with E-state index in [4.69, 9.17) is 0 Å². The molecule has 2 saturated heterocycles. The molecule has 3 unspecified atom stereocenters. The van der Waals surface area contributed by atoms with E-state index in [9.17, 15) is 21.6 Å². The first kappa shape index (κ1) is 17.0. The molecule has 0 radical (unpaired) electrons. The molecular weight excluding hydrogens is 305 g/mol. The van der Waals surface area contributed by atoms with Crippen molar-refractivity contribution >= 4 is 10.0 Å². The summed E-state index contributed by atoms with van der Waals surface area (Å²) in [4.78, 5) is 0. The molecule has 0 amide bonds. The van der Waals surface area contributed by atoms with Crippen LogP contribution in [0.5, 0.6) is 0 Å². The second kappa shape index (κ2) is 6.42. The summed E-state index contributed by atoms with van der Waals surface area (Å²) in [7, 11) is -3.16. The average molecular weight is 328 g/mol. The first-order valence-electron chi connectivity index (χ1n) is 7.41. The molecular formula is C13H23F3N2O2S. The summed E-state index contributed by atoms with van der Waals surface area (Å²) in [6.45, 7) is 1.04. The highest BCUT2D eigenvalue weighted by atomic mass is 32.2. The maximum absolute atomic E-state index is 12.6. The molecule has 21 heavy (non-hydrogen) atoms. The van der Waals surface area contributed by atoms with Gasteiger partial charge in [-0.1, -0.05) is 0 Å². The molecule has 2 heterocycles. The molecule has 0 aromatic carbocycles. The standard InChI is InChI=1S/C13H23F3N2O2S/c1-21(19,20)18-6-2-3-10(9-18)7-12-5-4-11(8-17-12)13(14,15)16/h10-12,17H,2-9H2,1H3. The Morgan fingerprint density at radius 3 is 2.48 bits per heavy atom. The van der Waals surface area contributed by atoms with Crippen LogP contribution in [0, 0.1) is 11.8 Å². The van der Waals surface area contributed by atoms with Crippen LogP contribution >= 0.6 is 0 Å². The topological polar surface area (TPSA) is 49.4 Å². The van der Waals surface area contributed by atoms with Crippen LogP contribution in [0.1, 0.15) is 32.1 Å². The van der Waals surface area contributed by atoms with E-state index < -0.39 is 22.1 Å². The van der Waals surface area contributed by atoms with Gasteiger partial charge in [0.2, 0.25) is 10.0 Å². The zero-order valence-electron chi connectivity index (χ0n) is 12.2. The van der Waals surface area contributed by atoms with Crippen molar-refractivity contribution in [2.75, 3.05) is 25.9 Å². The zero-order valence-corrected chi connectivity index (χ0v) is 13.0. The molecule has 0 saturated carbocycles. The maximum atomic E-state index is 12.6. The SMILES string of the molecule is CS(=O)(=O)N1CCCC(CC2CCC(C(F)(F)F)CN2)C1. The predicted octanol–water partition coefficient (Wildman–Crippen LogP) is 1.98. The Labute approximate surface area is 124 Å². The highest BCUT2D eigenvalue weighted by Crippen LogP contribution is 2.33. The number of nitrogens with zero attached hydrogens (tertiary/aromatic N) is 1. The van der Waals surface area contributed by atoms with E-state index in [1.54, 1.807) is 0 Å². The smallest absolute Gasteiger partial charge is 0.313 e. The molecule has 2 rings (SSSR count). The van der Waals surface area contributed by atoms with Crippen molar-refractivity contribution in [1.82, 2.24) is 9.62 Å². The van der Waals surface area contributed by atoms with Crippen molar-refractivity contribution in [3.05, 3.63) is 0 Å². The summed E-state index contributed by atoms with van der Waals surface area (Å²) >= 11 is 0. The second-order valence-electron chi connectivity index (χ2n) is 6.29. The fraction of sp³-hybridized carbons (Fsp3) is 1.00. The van der Waals surface area contributed by atoms with Crippen LogP contribution in [0.25, 0.3) is 0 Å². The fourth-order valence-electron chi connectivity index (χ4n) is 3.32. The molecule has 8 heteroatoms. The number of sulfonamides is 1. The van der Waals surface area contributed by atoms with E-state index >= 15 is 0 Å². The minimum Gasteiger partial charge on any atom is -0.313 e. The van der Waals surface area contributed by atoms with Gasteiger partial charge < -0.3 is 5.32 Å².